The van der Waals surface area contributed by atoms with Crippen LogP contribution < -0.4 is 11.1 Å². The highest BCUT2D eigenvalue weighted by Gasteiger charge is 2.03. The second-order valence-corrected chi connectivity index (χ2v) is 3.17. The van der Waals surface area contributed by atoms with Crippen LogP contribution in [0.4, 0.5) is 5.69 Å². The molecule has 0 saturated heterocycles. The van der Waals surface area contributed by atoms with E-state index in [9.17, 15) is 4.79 Å². The fourth-order valence-electron chi connectivity index (χ4n) is 0.759. The van der Waals surface area contributed by atoms with E-state index >= 15 is 0 Å². The van der Waals surface area contributed by atoms with Crippen LogP contribution in [0.2, 0.25) is 5.02 Å². The van der Waals surface area contributed by atoms with E-state index in [1.165, 1.54) is 0 Å². The molecule has 0 atom stereocenters. The van der Waals surface area contributed by atoms with Gasteiger partial charge in [-0.25, -0.2) is 0 Å². The zero-order valence-corrected chi connectivity index (χ0v) is 8.15. The Hall–Kier alpha value is -1.13. The van der Waals surface area contributed by atoms with Crippen molar-refractivity contribution in [2.24, 2.45) is 5.73 Å². The molecule has 3 nitrogen and oxygen atoms in total. The quantitative estimate of drug-likeness (QED) is 0.698. The van der Waals surface area contributed by atoms with Gasteiger partial charge >= 0.3 is 0 Å². The fourth-order valence-corrected chi connectivity index (χ4v) is 1.07. The summed E-state index contributed by atoms with van der Waals surface area (Å²) in [6.07, 6.45) is 0. The minimum atomic E-state index is -0.657. The number of hydrogen-bond donors (Lipinski definition) is 2. The minimum Gasteiger partial charge on any atom is -0.364 e. The Morgan fingerprint density at radius 2 is 2.23 bits per heavy atom. The Balaban J connectivity index is 2.75. The number of benzene rings is 1. The third-order valence-electron chi connectivity index (χ3n) is 1.31. The summed E-state index contributed by atoms with van der Waals surface area (Å²) in [5.74, 6) is -0.657. The molecule has 0 radical (unpaired) electrons. The molecule has 0 aromatic heterocycles. The first-order chi connectivity index (χ1) is 6.09. The van der Waals surface area contributed by atoms with Crippen molar-refractivity contribution in [3.63, 3.8) is 0 Å². The summed E-state index contributed by atoms with van der Waals surface area (Å²) in [5, 5.41) is 3.22. The predicted octanol–water partition coefficient (Wildman–Crippen LogP) is 1.56. The van der Waals surface area contributed by atoms with Crippen LogP contribution in [0.15, 0.2) is 24.3 Å². The van der Waals surface area contributed by atoms with E-state index in [-0.39, 0.29) is 4.99 Å². The summed E-state index contributed by atoms with van der Waals surface area (Å²) in [4.78, 5) is 10.5. The lowest BCUT2D eigenvalue weighted by Crippen LogP contribution is -2.27. The van der Waals surface area contributed by atoms with Crippen molar-refractivity contribution >= 4 is 40.4 Å². The SMILES string of the molecule is NC(=O)C(=S)Nc1cccc(Cl)c1. The highest BCUT2D eigenvalue weighted by molar-refractivity contribution is 7.82. The summed E-state index contributed by atoms with van der Waals surface area (Å²) in [6.45, 7) is 0. The number of carbonyl (C=O) groups is 1. The molecule has 0 bridgehead atoms. The highest BCUT2D eigenvalue weighted by atomic mass is 35.5. The molecule has 0 fully saturated rings. The van der Waals surface area contributed by atoms with E-state index in [1.807, 2.05) is 0 Å². The van der Waals surface area contributed by atoms with Crippen molar-refractivity contribution in [1.82, 2.24) is 0 Å². The monoisotopic (exact) mass is 214 g/mol. The standard InChI is InChI=1S/C8H7ClN2OS/c9-5-2-1-3-6(4-5)11-8(13)7(10)12/h1-4H,(H2,10,12)(H,11,13). The van der Waals surface area contributed by atoms with Crippen LogP contribution in [-0.4, -0.2) is 10.9 Å². The summed E-state index contributed by atoms with van der Waals surface area (Å²) in [7, 11) is 0. The average molecular weight is 215 g/mol. The van der Waals surface area contributed by atoms with Gasteiger partial charge < -0.3 is 11.1 Å². The Labute approximate surface area is 85.9 Å². The molecule has 1 rings (SSSR count). The molecule has 1 aromatic rings. The van der Waals surface area contributed by atoms with Gasteiger partial charge in [0, 0.05) is 10.7 Å². The second-order valence-electron chi connectivity index (χ2n) is 2.33. The zero-order chi connectivity index (χ0) is 9.84. The lowest BCUT2D eigenvalue weighted by Gasteiger charge is -2.03. The number of halogens is 1. The number of nitrogens with two attached hydrogens (primary N) is 1. The number of rotatable bonds is 1. The molecular formula is C8H7ClN2OS. The smallest absolute Gasteiger partial charge is 0.276 e. The van der Waals surface area contributed by atoms with Gasteiger partial charge in [-0.1, -0.05) is 29.9 Å². The van der Waals surface area contributed by atoms with Crippen LogP contribution in [0.5, 0.6) is 0 Å². The van der Waals surface area contributed by atoms with Crippen LogP contribution in [0.3, 0.4) is 0 Å². The van der Waals surface area contributed by atoms with Crippen molar-refractivity contribution in [2.45, 2.75) is 0 Å². The Kier molecular flexibility index (Phi) is 3.22. The molecule has 0 heterocycles. The number of thiocarbonyl (C=S) groups is 1. The number of anilines is 1. The summed E-state index contributed by atoms with van der Waals surface area (Å²) in [6, 6.07) is 6.85. The summed E-state index contributed by atoms with van der Waals surface area (Å²) < 4.78 is 0. The maximum Gasteiger partial charge on any atom is 0.276 e. The molecule has 1 amide bonds. The van der Waals surface area contributed by atoms with Gasteiger partial charge in [-0.3, -0.25) is 4.79 Å². The molecular weight excluding hydrogens is 208 g/mol. The molecule has 0 aliphatic heterocycles. The Bertz CT molecular complexity index is 354. The van der Waals surface area contributed by atoms with Gasteiger partial charge in [-0.05, 0) is 18.2 Å². The van der Waals surface area contributed by atoms with E-state index in [0.29, 0.717) is 10.7 Å². The molecule has 0 aliphatic carbocycles. The number of hydrogen-bond acceptors (Lipinski definition) is 2. The molecule has 5 heteroatoms. The van der Waals surface area contributed by atoms with Gasteiger partial charge in [0.05, 0.1) is 0 Å². The van der Waals surface area contributed by atoms with E-state index in [2.05, 4.69) is 17.5 Å². The lowest BCUT2D eigenvalue weighted by molar-refractivity contribution is -0.111. The van der Waals surface area contributed by atoms with Crippen LogP contribution in [0.1, 0.15) is 0 Å². The third-order valence-corrected chi connectivity index (χ3v) is 1.84. The Morgan fingerprint density at radius 1 is 1.54 bits per heavy atom. The summed E-state index contributed by atoms with van der Waals surface area (Å²) >= 11 is 10.4. The molecule has 68 valence electrons. The molecule has 0 unspecified atom stereocenters. The molecule has 1 aromatic carbocycles. The predicted molar refractivity (Wildman–Crippen MR) is 56.9 cm³/mol. The molecule has 3 N–H and O–H groups in total. The minimum absolute atomic E-state index is 0.0257. The first-order valence-corrected chi connectivity index (χ1v) is 4.24. The van der Waals surface area contributed by atoms with Gasteiger partial charge in [-0.2, -0.15) is 0 Å². The van der Waals surface area contributed by atoms with Gasteiger partial charge in [0.25, 0.3) is 5.91 Å². The molecule has 0 aliphatic rings. The maximum absolute atomic E-state index is 10.6. The molecule has 0 spiro atoms. The van der Waals surface area contributed by atoms with Crippen LogP contribution in [-0.2, 0) is 4.79 Å². The summed E-state index contributed by atoms with van der Waals surface area (Å²) in [5.41, 5.74) is 5.60. The number of nitrogens with one attached hydrogen (secondary N) is 1. The average Bonchev–Trinajstić information content (AvgIpc) is 2.04. The lowest BCUT2D eigenvalue weighted by atomic mass is 10.3. The topological polar surface area (TPSA) is 55.1 Å². The van der Waals surface area contributed by atoms with Crippen molar-refractivity contribution in [3.05, 3.63) is 29.3 Å². The highest BCUT2D eigenvalue weighted by Crippen LogP contribution is 2.14. The van der Waals surface area contributed by atoms with Crippen LogP contribution in [0.25, 0.3) is 0 Å². The van der Waals surface area contributed by atoms with Gasteiger partial charge in [-0.15, -0.1) is 0 Å². The first kappa shape index (κ1) is 9.95. The third kappa shape index (κ3) is 3.01. The Morgan fingerprint density at radius 3 is 2.77 bits per heavy atom. The van der Waals surface area contributed by atoms with E-state index in [0.717, 1.165) is 0 Å². The van der Waals surface area contributed by atoms with Gasteiger partial charge in [0.2, 0.25) is 0 Å². The van der Waals surface area contributed by atoms with Crippen molar-refractivity contribution in [3.8, 4) is 0 Å². The van der Waals surface area contributed by atoms with E-state index in [4.69, 9.17) is 17.3 Å². The molecule has 13 heavy (non-hydrogen) atoms. The maximum atomic E-state index is 10.6. The van der Waals surface area contributed by atoms with E-state index < -0.39 is 5.91 Å². The van der Waals surface area contributed by atoms with Crippen molar-refractivity contribution < 1.29 is 4.79 Å². The van der Waals surface area contributed by atoms with Gasteiger partial charge in [0.15, 0.2) is 4.99 Å². The fraction of sp³-hybridized carbons (Fsp3) is 0. The number of primary amides is 1. The van der Waals surface area contributed by atoms with Crippen molar-refractivity contribution in [1.29, 1.82) is 0 Å². The first-order valence-electron chi connectivity index (χ1n) is 3.46. The van der Waals surface area contributed by atoms with E-state index in [1.54, 1.807) is 24.3 Å². The largest absolute Gasteiger partial charge is 0.364 e. The zero-order valence-electron chi connectivity index (χ0n) is 6.58. The number of amides is 1. The normalized spacial score (nSPS) is 9.31. The van der Waals surface area contributed by atoms with Crippen molar-refractivity contribution in [2.75, 3.05) is 5.32 Å². The molecule has 0 saturated carbocycles. The number of carbonyl (C=O) groups excluding carboxylic acids is 1. The second kappa shape index (κ2) is 4.20. The van der Waals surface area contributed by atoms with Crippen LogP contribution >= 0.6 is 23.8 Å². The van der Waals surface area contributed by atoms with Crippen LogP contribution in [0, 0.1) is 0 Å². The van der Waals surface area contributed by atoms with Gasteiger partial charge in [0.1, 0.15) is 0 Å².